The molecule has 1 N–H and O–H groups in total. The van der Waals surface area contributed by atoms with E-state index < -0.39 is 0 Å². The Bertz CT molecular complexity index is 302. The van der Waals surface area contributed by atoms with E-state index in [4.69, 9.17) is 9.47 Å². The van der Waals surface area contributed by atoms with E-state index in [0.29, 0.717) is 0 Å². The van der Waals surface area contributed by atoms with Crippen LogP contribution < -0.4 is 14.8 Å². The lowest BCUT2D eigenvalue weighted by Crippen LogP contribution is -2.29. The molecule has 0 heterocycles. The number of ether oxygens (including phenoxy) is 2. The van der Waals surface area contributed by atoms with Crippen molar-refractivity contribution in [2.75, 3.05) is 20.2 Å². The maximum atomic E-state index is 5.80. The molecule has 1 aromatic carbocycles. The topological polar surface area (TPSA) is 30.5 Å². The molecule has 90 valence electrons. The van der Waals surface area contributed by atoms with Crippen LogP contribution in [0.2, 0.25) is 0 Å². The van der Waals surface area contributed by atoms with Crippen LogP contribution in [-0.4, -0.2) is 26.3 Å². The number of methoxy groups -OCH3 is 1. The molecule has 1 rings (SSSR count). The Kier molecular flexibility index (Phi) is 5.72. The number of benzene rings is 1. The van der Waals surface area contributed by atoms with Crippen molar-refractivity contribution < 1.29 is 9.47 Å². The van der Waals surface area contributed by atoms with Gasteiger partial charge in [0.2, 0.25) is 0 Å². The van der Waals surface area contributed by atoms with Crippen LogP contribution in [0.4, 0.5) is 0 Å². The van der Waals surface area contributed by atoms with E-state index in [9.17, 15) is 0 Å². The zero-order valence-corrected chi connectivity index (χ0v) is 10.3. The first kappa shape index (κ1) is 12.8. The fraction of sp³-hybridized carbons (Fsp3) is 0.538. The summed E-state index contributed by atoms with van der Waals surface area (Å²) in [6.45, 7) is 6.08. The van der Waals surface area contributed by atoms with Crippen LogP contribution >= 0.6 is 0 Å². The summed E-state index contributed by atoms with van der Waals surface area (Å²) in [7, 11) is 1.65. The van der Waals surface area contributed by atoms with Gasteiger partial charge in [-0.15, -0.1) is 0 Å². The van der Waals surface area contributed by atoms with Crippen molar-refractivity contribution in [1.82, 2.24) is 5.32 Å². The van der Waals surface area contributed by atoms with Gasteiger partial charge in [-0.1, -0.05) is 19.1 Å². The van der Waals surface area contributed by atoms with E-state index >= 15 is 0 Å². The number of rotatable bonds is 7. The first-order chi connectivity index (χ1) is 7.77. The number of hydrogen-bond acceptors (Lipinski definition) is 3. The first-order valence-electron chi connectivity index (χ1n) is 5.78. The highest BCUT2D eigenvalue weighted by Gasteiger charge is 2.07. The molecule has 0 bridgehead atoms. The monoisotopic (exact) mass is 223 g/mol. The molecule has 3 heteroatoms. The van der Waals surface area contributed by atoms with Gasteiger partial charge in [-0.25, -0.2) is 0 Å². The smallest absolute Gasteiger partial charge is 0.161 e. The summed E-state index contributed by atoms with van der Waals surface area (Å²) in [6.07, 6.45) is 1.28. The Hall–Kier alpha value is -1.22. The van der Waals surface area contributed by atoms with Crippen LogP contribution in [0.15, 0.2) is 24.3 Å². The molecule has 0 radical (unpaired) electrons. The Morgan fingerprint density at radius 2 is 1.94 bits per heavy atom. The Morgan fingerprint density at radius 1 is 1.25 bits per heavy atom. The average molecular weight is 223 g/mol. The highest BCUT2D eigenvalue weighted by atomic mass is 16.5. The third-order valence-corrected chi connectivity index (χ3v) is 2.26. The van der Waals surface area contributed by atoms with Gasteiger partial charge in [0.25, 0.3) is 0 Å². The Labute approximate surface area is 97.8 Å². The molecular weight excluding hydrogens is 202 g/mol. The molecule has 1 atom stereocenters. The largest absolute Gasteiger partial charge is 0.493 e. The van der Waals surface area contributed by atoms with Crippen LogP contribution in [0.3, 0.4) is 0 Å². The van der Waals surface area contributed by atoms with Gasteiger partial charge >= 0.3 is 0 Å². The SMILES string of the molecule is CCCNCC(C)Oc1ccccc1OC. The summed E-state index contributed by atoms with van der Waals surface area (Å²) in [4.78, 5) is 0. The standard InChI is InChI=1S/C13H21NO2/c1-4-9-14-10-11(2)16-13-8-6-5-7-12(13)15-3/h5-8,11,14H,4,9-10H2,1-3H3. The quantitative estimate of drug-likeness (QED) is 0.720. The zero-order chi connectivity index (χ0) is 11.8. The maximum absolute atomic E-state index is 5.80. The molecule has 0 aromatic heterocycles. The summed E-state index contributed by atoms with van der Waals surface area (Å²) in [5.41, 5.74) is 0. The van der Waals surface area contributed by atoms with Crippen LogP contribution in [0, 0.1) is 0 Å². The lowest BCUT2D eigenvalue weighted by atomic mass is 10.3. The van der Waals surface area contributed by atoms with Gasteiger partial charge in [-0.3, -0.25) is 0 Å². The second-order valence-electron chi connectivity index (χ2n) is 3.78. The summed E-state index contributed by atoms with van der Waals surface area (Å²) in [5, 5.41) is 3.33. The molecule has 3 nitrogen and oxygen atoms in total. The molecule has 16 heavy (non-hydrogen) atoms. The highest BCUT2D eigenvalue weighted by molar-refractivity contribution is 5.39. The van der Waals surface area contributed by atoms with Gasteiger partial charge in [-0.05, 0) is 32.0 Å². The fourth-order valence-electron chi connectivity index (χ4n) is 1.46. The number of nitrogens with one attached hydrogen (secondary N) is 1. The van der Waals surface area contributed by atoms with Crippen LogP contribution in [0.5, 0.6) is 11.5 Å². The molecule has 1 aromatic rings. The summed E-state index contributed by atoms with van der Waals surface area (Å²) < 4.78 is 11.0. The molecular formula is C13H21NO2. The van der Waals surface area contributed by atoms with Gasteiger partial charge in [0.05, 0.1) is 7.11 Å². The van der Waals surface area contributed by atoms with E-state index in [1.54, 1.807) is 7.11 Å². The van der Waals surface area contributed by atoms with Crippen molar-refractivity contribution in [3.05, 3.63) is 24.3 Å². The van der Waals surface area contributed by atoms with E-state index in [2.05, 4.69) is 19.2 Å². The van der Waals surface area contributed by atoms with Gasteiger partial charge in [0, 0.05) is 6.54 Å². The summed E-state index contributed by atoms with van der Waals surface area (Å²) in [5.74, 6) is 1.58. The first-order valence-corrected chi connectivity index (χ1v) is 5.78. The van der Waals surface area contributed by atoms with Gasteiger partial charge < -0.3 is 14.8 Å². The predicted octanol–water partition coefficient (Wildman–Crippen LogP) is 2.46. The minimum atomic E-state index is 0.142. The minimum Gasteiger partial charge on any atom is -0.493 e. The Morgan fingerprint density at radius 3 is 2.56 bits per heavy atom. The van der Waals surface area contributed by atoms with Crippen molar-refractivity contribution in [3.63, 3.8) is 0 Å². The van der Waals surface area contributed by atoms with E-state index in [1.807, 2.05) is 24.3 Å². The van der Waals surface area contributed by atoms with Crippen molar-refractivity contribution in [3.8, 4) is 11.5 Å². The van der Waals surface area contributed by atoms with Crippen molar-refractivity contribution in [2.24, 2.45) is 0 Å². The minimum absolute atomic E-state index is 0.142. The zero-order valence-electron chi connectivity index (χ0n) is 10.3. The van der Waals surface area contributed by atoms with Gasteiger partial charge in [0.1, 0.15) is 6.10 Å². The van der Waals surface area contributed by atoms with Crippen molar-refractivity contribution >= 4 is 0 Å². The van der Waals surface area contributed by atoms with Crippen LogP contribution in [0.1, 0.15) is 20.3 Å². The van der Waals surface area contributed by atoms with Crippen molar-refractivity contribution in [1.29, 1.82) is 0 Å². The van der Waals surface area contributed by atoms with Crippen LogP contribution in [-0.2, 0) is 0 Å². The summed E-state index contributed by atoms with van der Waals surface area (Å²) in [6, 6.07) is 7.71. The molecule has 0 saturated carbocycles. The second-order valence-corrected chi connectivity index (χ2v) is 3.78. The Balaban J connectivity index is 2.45. The van der Waals surface area contributed by atoms with Gasteiger partial charge in [0.15, 0.2) is 11.5 Å². The van der Waals surface area contributed by atoms with E-state index in [-0.39, 0.29) is 6.10 Å². The van der Waals surface area contributed by atoms with E-state index in [1.165, 1.54) is 0 Å². The fourth-order valence-corrected chi connectivity index (χ4v) is 1.46. The number of hydrogen-bond donors (Lipinski definition) is 1. The molecule has 0 saturated heterocycles. The molecule has 0 aliphatic carbocycles. The molecule has 0 spiro atoms. The maximum Gasteiger partial charge on any atom is 0.161 e. The summed E-state index contributed by atoms with van der Waals surface area (Å²) >= 11 is 0. The highest BCUT2D eigenvalue weighted by Crippen LogP contribution is 2.26. The third kappa shape index (κ3) is 4.11. The molecule has 0 amide bonds. The van der Waals surface area contributed by atoms with Crippen molar-refractivity contribution in [2.45, 2.75) is 26.4 Å². The lowest BCUT2D eigenvalue weighted by molar-refractivity contribution is 0.208. The normalized spacial score (nSPS) is 12.2. The molecule has 1 unspecified atom stereocenters. The second kappa shape index (κ2) is 7.12. The predicted molar refractivity (Wildman–Crippen MR) is 66.2 cm³/mol. The van der Waals surface area contributed by atoms with Gasteiger partial charge in [-0.2, -0.15) is 0 Å². The number of para-hydroxylation sites is 2. The molecule has 0 aliphatic rings. The van der Waals surface area contributed by atoms with E-state index in [0.717, 1.165) is 31.0 Å². The van der Waals surface area contributed by atoms with Crippen LogP contribution in [0.25, 0.3) is 0 Å². The molecule has 0 aliphatic heterocycles. The molecule has 0 fully saturated rings. The third-order valence-electron chi connectivity index (χ3n) is 2.26. The lowest BCUT2D eigenvalue weighted by Gasteiger charge is -2.17. The average Bonchev–Trinajstić information content (AvgIpc) is 2.30.